The molecule has 0 radical (unpaired) electrons. The van der Waals surface area contributed by atoms with Gasteiger partial charge in [0.25, 0.3) is 0 Å². The van der Waals surface area contributed by atoms with Crippen molar-refractivity contribution in [2.75, 3.05) is 32.7 Å². The summed E-state index contributed by atoms with van der Waals surface area (Å²) >= 11 is 0. The maximum absolute atomic E-state index is 9.66. The molecular formula is C11H26N2O. The topological polar surface area (TPSA) is 35.5 Å². The van der Waals surface area contributed by atoms with Gasteiger partial charge in [-0.3, -0.25) is 0 Å². The number of likely N-dealkylation sites (N-methyl/N-ethyl adjacent to an activating group) is 1. The molecule has 0 aromatic heterocycles. The zero-order valence-corrected chi connectivity index (χ0v) is 10.1. The molecule has 0 spiro atoms. The zero-order chi connectivity index (χ0) is 11.0. The van der Waals surface area contributed by atoms with Crippen LogP contribution in [-0.2, 0) is 0 Å². The van der Waals surface area contributed by atoms with Crippen molar-refractivity contribution in [3.63, 3.8) is 0 Å². The first-order valence-corrected chi connectivity index (χ1v) is 5.65. The Morgan fingerprint density at radius 3 is 2.36 bits per heavy atom. The van der Waals surface area contributed by atoms with Crippen LogP contribution in [0.3, 0.4) is 0 Å². The van der Waals surface area contributed by atoms with Gasteiger partial charge in [-0.05, 0) is 46.4 Å². The SMILES string of the molecule is CCNCCCN(CC)CC(C)(C)O. The van der Waals surface area contributed by atoms with E-state index in [0.717, 1.165) is 39.1 Å². The van der Waals surface area contributed by atoms with Crippen LogP contribution in [0.2, 0.25) is 0 Å². The monoisotopic (exact) mass is 202 g/mol. The third-order valence-electron chi connectivity index (χ3n) is 2.14. The minimum absolute atomic E-state index is 0.575. The minimum atomic E-state index is -0.575. The Morgan fingerprint density at radius 1 is 1.29 bits per heavy atom. The standard InChI is InChI=1S/C11H26N2O/c1-5-12-8-7-9-13(6-2)10-11(3,4)14/h12,14H,5-10H2,1-4H3. The number of hydrogen-bond acceptors (Lipinski definition) is 3. The summed E-state index contributed by atoms with van der Waals surface area (Å²) < 4.78 is 0. The van der Waals surface area contributed by atoms with Crippen molar-refractivity contribution >= 4 is 0 Å². The van der Waals surface area contributed by atoms with E-state index < -0.39 is 5.60 Å². The fourth-order valence-electron chi connectivity index (χ4n) is 1.50. The number of hydrogen-bond donors (Lipinski definition) is 2. The quantitative estimate of drug-likeness (QED) is 0.578. The molecule has 0 saturated carbocycles. The van der Waals surface area contributed by atoms with Gasteiger partial charge in [-0.1, -0.05) is 13.8 Å². The Hall–Kier alpha value is -0.120. The Labute approximate surface area is 88.5 Å². The molecule has 3 nitrogen and oxygen atoms in total. The third-order valence-corrected chi connectivity index (χ3v) is 2.14. The normalized spacial score (nSPS) is 12.4. The van der Waals surface area contributed by atoms with Crippen molar-refractivity contribution in [3.05, 3.63) is 0 Å². The predicted molar refractivity (Wildman–Crippen MR) is 61.6 cm³/mol. The van der Waals surface area contributed by atoms with Crippen molar-refractivity contribution in [2.24, 2.45) is 0 Å². The van der Waals surface area contributed by atoms with Crippen LogP contribution in [0.5, 0.6) is 0 Å². The Morgan fingerprint density at radius 2 is 1.93 bits per heavy atom. The molecule has 0 heterocycles. The predicted octanol–water partition coefficient (Wildman–Crippen LogP) is 1.08. The first-order valence-electron chi connectivity index (χ1n) is 5.65. The van der Waals surface area contributed by atoms with Crippen LogP contribution in [0.25, 0.3) is 0 Å². The second-order valence-corrected chi connectivity index (χ2v) is 4.39. The molecule has 0 bridgehead atoms. The van der Waals surface area contributed by atoms with Crippen molar-refractivity contribution in [1.82, 2.24) is 10.2 Å². The van der Waals surface area contributed by atoms with E-state index in [-0.39, 0.29) is 0 Å². The highest BCUT2D eigenvalue weighted by atomic mass is 16.3. The number of aliphatic hydroxyl groups is 1. The lowest BCUT2D eigenvalue weighted by Crippen LogP contribution is -2.39. The lowest BCUT2D eigenvalue weighted by molar-refractivity contribution is 0.0376. The molecule has 3 heteroatoms. The van der Waals surface area contributed by atoms with Gasteiger partial charge in [0.1, 0.15) is 0 Å². The molecule has 86 valence electrons. The summed E-state index contributed by atoms with van der Waals surface area (Å²) in [6, 6.07) is 0. The van der Waals surface area contributed by atoms with Gasteiger partial charge in [-0.2, -0.15) is 0 Å². The van der Waals surface area contributed by atoms with Crippen LogP contribution in [0.15, 0.2) is 0 Å². The molecule has 0 aromatic rings. The first kappa shape index (κ1) is 13.9. The summed E-state index contributed by atoms with van der Waals surface area (Å²) in [6.45, 7) is 12.9. The maximum Gasteiger partial charge on any atom is 0.0718 e. The molecular weight excluding hydrogens is 176 g/mol. The minimum Gasteiger partial charge on any atom is -0.389 e. The van der Waals surface area contributed by atoms with E-state index in [4.69, 9.17) is 0 Å². The number of nitrogens with one attached hydrogen (secondary N) is 1. The van der Waals surface area contributed by atoms with Gasteiger partial charge in [0.2, 0.25) is 0 Å². The van der Waals surface area contributed by atoms with E-state index in [0.29, 0.717) is 0 Å². The van der Waals surface area contributed by atoms with Crippen molar-refractivity contribution in [2.45, 2.75) is 39.7 Å². The van der Waals surface area contributed by atoms with Crippen LogP contribution >= 0.6 is 0 Å². The maximum atomic E-state index is 9.66. The average Bonchev–Trinajstić information content (AvgIpc) is 2.08. The first-order chi connectivity index (χ1) is 6.49. The van der Waals surface area contributed by atoms with Crippen LogP contribution in [0, 0.1) is 0 Å². The number of rotatable bonds is 8. The van der Waals surface area contributed by atoms with Crippen LogP contribution < -0.4 is 5.32 Å². The summed E-state index contributed by atoms with van der Waals surface area (Å²) in [7, 11) is 0. The molecule has 0 saturated heterocycles. The smallest absolute Gasteiger partial charge is 0.0718 e. The summed E-state index contributed by atoms with van der Waals surface area (Å²) in [6.07, 6.45) is 1.15. The molecule has 2 N–H and O–H groups in total. The summed E-state index contributed by atoms with van der Waals surface area (Å²) in [5, 5.41) is 13.0. The zero-order valence-electron chi connectivity index (χ0n) is 10.1. The Balaban J connectivity index is 3.58. The van der Waals surface area contributed by atoms with Crippen molar-refractivity contribution in [1.29, 1.82) is 0 Å². The molecule has 14 heavy (non-hydrogen) atoms. The Kier molecular flexibility index (Phi) is 7.15. The molecule has 0 aliphatic heterocycles. The lowest BCUT2D eigenvalue weighted by Gasteiger charge is -2.27. The van der Waals surface area contributed by atoms with Gasteiger partial charge in [-0.25, -0.2) is 0 Å². The van der Waals surface area contributed by atoms with Crippen molar-refractivity contribution in [3.8, 4) is 0 Å². The average molecular weight is 202 g/mol. The van der Waals surface area contributed by atoms with Crippen molar-refractivity contribution < 1.29 is 5.11 Å². The van der Waals surface area contributed by atoms with Gasteiger partial charge < -0.3 is 15.3 Å². The fourth-order valence-corrected chi connectivity index (χ4v) is 1.50. The second kappa shape index (κ2) is 7.21. The molecule has 0 aromatic carbocycles. The lowest BCUT2D eigenvalue weighted by atomic mass is 10.1. The summed E-state index contributed by atoms with van der Waals surface area (Å²) in [5.74, 6) is 0. The highest BCUT2D eigenvalue weighted by Crippen LogP contribution is 2.04. The Bertz CT molecular complexity index is 132. The molecule has 0 unspecified atom stereocenters. The third kappa shape index (κ3) is 8.48. The van der Waals surface area contributed by atoms with Gasteiger partial charge in [0, 0.05) is 6.54 Å². The highest BCUT2D eigenvalue weighted by molar-refractivity contribution is 4.71. The van der Waals surface area contributed by atoms with Gasteiger partial charge in [-0.15, -0.1) is 0 Å². The molecule has 0 rings (SSSR count). The van der Waals surface area contributed by atoms with E-state index in [1.807, 2.05) is 13.8 Å². The van der Waals surface area contributed by atoms with E-state index in [2.05, 4.69) is 24.1 Å². The summed E-state index contributed by atoms with van der Waals surface area (Å²) in [4.78, 5) is 2.29. The van der Waals surface area contributed by atoms with E-state index in [1.165, 1.54) is 0 Å². The molecule has 0 amide bonds. The second-order valence-electron chi connectivity index (χ2n) is 4.39. The van der Waals surface area contributed by atoms with Crippen LogP contribution in [0.4, 0.5) is 0 Å². The fraction of sp³-hybridized carbons (Fsp3) is 1.00. The largest absolute Gasteiger partial charge is 0.389 e. The number of nitrogens with zero attached hydrogens (tertiary/aromatic N) is 1. The van der Waals surface area contributed by atoms with E-state index in [1.54, 1.807) is 0 Å². The highest BCUT2D eigenvalue weighted by Gasteiger charge is 2.16. The summed E-state index contributed by atoms with van der Waals surface area (Å²) in [5.41, 5.74) is -0.575. The molecule has 0 atom stereocenters. The van der Waals surface area contributed by atoms with Crippen LogP contribution in [-0.4, -0.2) is 48.3 Å². The van der Waals surface area contributed by atoms with Gasteiger partial charge in [0.05, 0.1) is 5.60 Å². The van der Waals surface area contributed by atoms with Gasteiger partial charge >= 0.3 is 0 Å². The molecule has 0 aliphatic rings. The van der Waals surface area contributed by atoms with Crippen LogP contribution in [0.1, 0.15) is 34.1 Å². The molecule has 0 fully saturated rings. The van der Waals surface area contributed by atoms with E-state index >= 15 is 0 Å². The van der Waals surface area contributed by atoms with E-state index in [9.17, 15) is 5.11 Å². The van der Waals surface area contributed by atoms with Gasteiger partial charge in [0.15, 0.2) is 0 Å². The molecule has 0 aliphatic carbocycles.